The van der Waals surface area contributed by atoms with Crippen LogP contribution < -0.4 is 0 Å². The van der Waals surface area contributed by atoms with Gasteiger partial charge < -0.3 is 0 Å². The van der Waals surface area contributed by atoms with Gasteiger partial charge in [-0.2, -0.15) is 0 Å². The molecule has 0 unspecified atom stereocenters. The molecule has 0 saturated carbocycles. The molecular weight excluding hydrogens is 717 g/mol. The molecule has 0 spiro atoms. The lowest BCUT2D eigenvalue weighted by Crippen LogP contribution is -2.28. The maximum absolute atomic E-state index is 5.06. The van der Waals surface area contributed by atoms with Crippen LogP contribution in [0.1, 0.15) is 34.7 Å². The van der Waals surface area contributed by atoms with Crippen molar-refractivity contribution in [2.45, 2.75) is 17.2 Å². The highest BCUT2D eigenvalue weighted by Gasteiger charge is 2.46. The minimum absolute atomic E-state index is 0.453. The Morgan fingerprint density at radius 2 is 1.12 bits per heavy atom. The molecule has 1 aliphatic carbocycles. The van der Waals surface area contributed by atoms with E-state index in [1.807, 2.05) is 30.3 Å². The normalized spacial score (nSPS) is 13.1. The summed E-state index contributed by atoms with van der Waals surface area (Å²) in [7, 11) is 0. The lowest BCUT2D eigenvalue weighted by atomic mass is 9.67. The second kappa shape index (κ2) is 14.1. The van der Waals surface area contributed by atoms with Gasteiger partial charge in [-0.15, -0.1) is 24.0 Å². The molecule has 266 valence electrons. The summed E-state index contributed by atoms with van der Waals surface area (Å²) in [5.74, 6) is 0. The largest absolute Gasteiger partial charge is 0.252 e. The zero-order valence-corrected chi connectivity index (χ0v) is 32.4. The second-order valence-corrected chi connectivity index (χ2v) is 15.9. The number of hydrogen-bond acceptors (Lipinski definition) is 4. The topological polar surface area (TPSA) is 25.2 Å². The molecule has 1 aliphatic rings. The van der Waals surface area contributed by atoms with E-state index in [4.69, 9.17) is 22.6 Å². The zero-order chi connectivity index (χ0) is 37.6. The van der Waals surface area contributed by atoms with Crippen LogP contribution in [0.5, 0.6) is 0 Å². The van der Waals surface area contributed by atoms with Crippen LogP contribution in [0.2, 0.25) is 0 Å². The Bertz CT molecular complexity index is 2870. The van der Waals surface area contributed by atoms with Gasteiger partial charge in [-0.05, 0) is 123 Å². The van der Waals surface area contributed by atoms with Crippen LogP contribution in [-0.4, -0.2) is 10.7 Å². The molecular formula is C52H36N2S2. The number of thiol groups is 1. The monoisotopic (exact) mass is 752 g/mol. The van der Waals surface area contributed by atoms with E-state index in [1.54, 1.807) is 11.3 Å². The van der Waals surface area contributed by atoms with Crippen molar-refractivity contribution in [2.24, 2.45) is 4.99 Å². The van der Waals surface area contributed by atoms with Gasteiger partial charge in [-0.3, -0.25) is 4.99 Å². The first-order valence-electron chi connectivity index (χ1n) is 18.9. The fourth-order valence-electron chi connectivity index (χ4n) is 8.43. The van der Waals surface area contributed by atoms with Crippen molar-refractivity contribution in [3.63, 3.8) is 0 Å². The van der Waals surface area contributed by atoms with Crippen LogP contribution >= 0.6 is 24.0 Å². The number of fused-ring (bicyclic) bond motifs is 4. The second-order valence-electron chi connectivity index (χ2n) is 14.3. The number of aromatic nitrogens is 1. The maximum atomic E-state index is 5.06. The fourth-order valence-corrected chi connectivity index (χ4v) is 9.59. The van der Waals surface area contributed by atoms with Crippen LogP contribution in [0.3, 0.4) is 0 Å². The van der Waals surface area contributed by atoms with Gasteiger partial charge in [0.2, 0.25) is 0 Å². The van der Waals surface area contributed by atoms with E-state index in [2.05, 4.69) is 171 Å². The number of para-hydroxylation sites is 2. The molecule has 0 fully saturated rings. The summed E-state index contributed by atoms with van der Waals surface area (Å²) < 4.78 is 1.17. The van der Waals surface area contributed by atoms with Gasteiger partial charge in [0.15, 0.2) is 0 Å². The standard InChI is InChI=1S/C52H36N2S2/c1-34(53-47-23-10-12-25-49(47)55)38-30-39(32-40(31-38)51-54-48-24-11-13-26-50(48)56-51)36-16-14-15-35(29-36)37-27-28-44-43-21-8-9-22-45(43)52(46(44)33-37,41-17-4-2-5-18-41)42-19-6-3-7-20-42/h2-33,55H,1H3/b53-34+. The molecule has 9 aromatic rings. The smallest absolute Gasteiger partial charge is 0.124 e. The van der Waals surface area contributed by atoms with E-state index in [0.717, 1.165) is 54.6 Å². The average Bonchev–Trinajstić information content (AvgIpc) is 3.83. The highest BCUT2D eigenvalue weighted by atomic mass is 32.1. The van der Waals surface area contributed by atoms with Gasteiger partial charge in [0, 0.05) is 16.2 Å². The minimum atomic E-state index is -0.453. The average molecular weight is 753 g/mol. The molecule has 56 heavy (non-hydrogen) atoms. The number of rotatable bonds is 7. The Kier molecular flexibility index (Phi) is 8.59. The van der Waals surface area contributed by atoms with Gasteiger partial charge in [0.1, 0.15) is 5.01 Å². The molecule has 0 N–H and O–H groups in total. The van der Waals surface area contributed by atoms with Crippen molar-refractivity contribution < 1.29 is 0 Å². The van der Waals surface area contributed by atoms with Gasteiger partial charge in [0.25, 0.3) is 0 Å². The SMILES string of the molecule is C/C(=N\c1ccccc1S)c1cc(-c2cccc(-c3ccc4c(c3)C(c3ccccc3)(c3ccccc3)c3ccccc3-4)c2)cc(-c2nc3ccccc3s2)c1. The number of thiazole rings is 1. The molecule has 0 aliphatic heterocycles. The van der Waals surface area contributed by atoms with Gasteiger partial charge in [-0.25, -0.2) is 4.98 Å². The minimum Gasteiger partial charge on any atom is -0.252 e. The fraction of sp³-hybridized carbons (Fsp3) is 0.0385. The number of benzene rings is 8. The van der Waals surface area contributed by atoms with Crippen LogP contribution in [0.15, 0.2) is 204 Å². The van der Waals surface area contributed by atoms with Crippen molar-refractivity contribution in [3.05, 3.63) is 222 Å². The van der Waals surface area contributed by atoms with Crippen molar-refractivity contribution in [3.8, 4) is 44.0 Å². The molecule has 0 saturated heterocycles. The molecule has 0 amide bonds. The summed E-state index contributed by atoms with van der Waals surface area (Å²) in [6.07, 6.45) is 0. The van der Waals surface area contributed by atoms with Crippen LogP contribution in [0, 0.1) is 0 Å². The zero-order valence-electron chi connectivity index (χ0n) is 30.7. The Labute approximate surface area is 337 Å². The summed E-state index contributed by atoms with van der Waals surface area (Å²) in [5.41, 5.74) is 16.7. The number of hydrogen-bond donors (Lipinski definition) is 1. The lowest BCUT2D eigenvalue weighted by molar-refractivity contribution is 0.769. The van der Waals surface area contributed by atoms with Gasteiger partial charge in [-0.1, -0.05) is 140 Å². The van der Waals surface area contributed by atoms with E-state index in [1.165, 1.54) is 43.6 Å². The molecule has 1 heterocycles. The molecule has 2 nitrogen and oxygen atoms in total. The first-order chi connectivity index (χ1) is 27.6. The van der Waals surface area contributed by atoms with Crippen LogP contribution in [-0.2, 0) is 5.41 Å². The Hall–Kier alpha value is -6.33. The molecule has 0 radical (unpaired) electrons. The van der Waals surface area contributed by atoms with Crippen LogP contribution in [0.25, 0.3) is 54.2 Å². The predicted molar refractivity (Wildman–Crippen MR) is 239 cm³/mol. The van der Waals surface area contributed by atoms with E-state index in [-0.39, 0.29) is 0 Å². The highest BCUT2D eigenvalue weighted by Crippen LogP contribution is 2.56. The quantitative estimate of drug-likeness (QED) is 0.127. The molecule has 0 bridgehead atoms. The first-order valence-corrected chi connectivity index (χ1v) is 20.1. The lowest BCUT2D eigenvalue weighted by Gasteiger charge is -2.34. The van der Waals surface area contributed by atoms with E-state index in [9.17, 15) is 0 Å². The van der Waals surface area contributed by atoms with Crippen LogP contribution in [0.4, 0.5) is 5.69 Å². The number of aliphatic imine (C=N–C) groups is 1. The van der Waals surface area contributed by atoms with Crippen molar-refractivity contribution in [2.75, 3.05) is 0 Å². The Morgan fingerprint density at radius 3 is 1.89 bits per heavy atom. The molecule has 4 heteroatoms. The molecule has 8 aromatic carbocycles. The summed E-state index contributed by atoms with van der Waals surface area (Å²) >= 11 is 6.41. The summed E-state index contributed by atoms with van der Waals surface area (Å²) in [4.78, 5) is 11.0. The number of nitrogens with zero attached hydrogens (tertiary/aromatic N) is 2. The third kappa shape index (κ3) is 5.81. The van der Waals surface area contributed by atoms with Gasteiger partial charge in [0.05, 0.1) is 21.3 Å². The Balaban J connectivity index is 1.13. The predicted octanol–water partition coefficient (Wildman–Crippen LogP) is 14.1. The van der Waals surface area contributed by atoms with Gasteiger partial charge >= 0.3 is 0 Å². The van der Waals surface area contributed by atoms with Crippen molar-refractivity contribution in [1.29, 1.82) is 0 Å². The summed E-state index contributed by atoms with van der Waals surface area (Å²) in [5, 5.41) is 0.990. The highest BCUT2D eigenvalue weighted by molar-refractivity contribution is 7.80. The van der Waals surface area contributed by atoms with E-state index < -0.39 is 5.41 Å². The van der Waals surface area contributed by atoms with Crippen molar-refractivity contribution >= 4 is 45.6 Å². The summed E-state index contributed by atoms with van der Waals surface area (Å²) in [6.45, 7) is 2.08. The first kappa shape index (κ1) is 34.2. The van der Waals surface area contributed by atoms with Crippen molar-refractivity contribution in [1.82, 2.24) is 4.98 Å². The van der Waals surface area contributed by atoms with E-state index >= 15 is 0 Å². The Morgan fingerprint density at radius 1 is 0.518 bits per heavy atom. The molecule has 0 atom stereocenters. The molecule has 1 aromatic heterocycles. The molecule has 10 rings (SSSR count). The maximum Gasteiger partial charge on any atom is 0.124 e. The third-order valence-corrected chi connectivity index (χ3v) is 12.5. The third-order valence-electron chi connectivity index (χ3n) is 11.0. The summed E-state index contributed by atoms with van der Waals surface area (Å²) in [6, 6.07) is 70.0. The van der Waals surface area contributed by atoms with E-state index in [0.29, 0.717) is 0 Å².